The van der Waals surface area contributed by atoms with Crippen LogP contribution in [0.1, 0.15) is 62.6 Å². The number of amides is 1. The lowest BCUT2D eigenvalue weighted by Gasteiger charge is -2.43. The van der Waals surface area contributed by atoms with Crippen LogP contribution in [-0.4, -0.2) is 97.3 Å². The first kappa shape index (κ1) is 48.9. The third-order valence-electron chi connectivity index (χ3n) is 10.5. The lowest BCUT2D eigenvalue weighted by atomic mass is 9.79. The number of hydrogen-bond donors (Lipinski definition) is 2. The number of nitrogens with zero attached hydrogens (tertiary/aromatic N) is 3. The number of hydrogen-bond acceptors (Lipinski definition) is 12. The summed E-state index contributed by atoms with van der Waals surface area (Å²) in [5.41, 5.74) is -3.49. The molecule has 19 heteroatoms. The molecule has 5 rings (SSSR count). The fourth-order valence-corrected chi connectivity index (χ4v) is 9.36. The molecule has 2 heterocycles. The molecule has 0 radical (unpaired) electrons. The first-order chi connectivity index (χ1) is 30.0. The summed E-state index contributed by atoms with van der Waals surface area (Å²) in [6.45, 7) is 7.44. The fourth-order valence-electron chi connectivity index (χ4n) is 7.55. The van der Waals surface area contributed by atoms with Gasteiger partial charge in [-0.15, -0.1) is 0 Å². The summed E-state index contributed by atoms with van der Waals surface area (Å²) in [7, 11) is 2.15. The maximum absolute atomic E-state index is 14.1. The smallest absolute Gasteiger partial charge is 0.471 e. The Morgan fingerprint density at radius 1 is 0.937 bits per heavy atom. The molecular weight excluding hydrogens is 846 g/mol. The quantitative estimate of drug-likeness (QED) is 0.0561. The van der Waals surface area contributed by atoms with E-state index in [9.17, 15) is 32.8 Å². The van der Waals surface area contributed by atoms with E-state index in [-0.39, 0.29) is 30.7 Å². The van der Waals surface area contributed by atoms with Gasteiger partial charge in [-0.25, -0.2) is 9.46 Å². The second-order valence-corrected chi connectivity index (χ2v) is 16.7. The van der Waals surface area contributed by atoms with Crippen molar-refractivity contribution in [3.05, 3.63) is 128 Å². The normalized spacial score (nSPS) is 19.6. The Morgan fingerprint density at radius 3 is 1.98 bits per heavy atom. The van der Waals surface area contributed by atoms with E-state index < -0.39 is 74.6 Å². The topological polar surface area (TPSA) is 176 Å². The first-order valence-corrected chi connectivity index (χ1v) is 21.2. The zero-order chi connectivity index (χ0) is 46.1. The summed E-state index contributed by atoms with van der Waals surface area (Å²) in [6, 6.07) is 24.7. The minimum Gasteiger partial charge on any atom is -0.497 e. The van der Waals surface area contributed by atoms with Gasteiger partial charge in [-0.3, -0.25) is 19.1 Å². The number of halogens is 3. The standard InChI is InChI=1S/C44H53F3N5O10P/c1-28(2)52(29(3)4)63(60-24-12-23-48)62-37-36(58-8)39(51-25-30(5)38(53)50-41(51)55)61-42(37,26-49-40(54)44(45,46)47)27-59-43(31-13-10-9-11-14-31,32-15-19-34(56-6)20-16-32)33-17-21-35(57-7)22-18-33/h9-11,13-22,25,28-29,36-37,39H,12,24,26-27H2,1-8H3,(H,49,54)(H,50,53,55)/t36-,37+,39-,42-,63?/m1/s1. The Bertz CT molecular complexity index is 2230. The highest BCUT2D eigenvalue weighted by Gasteiger charge is 2.61. The summed E-state index contributed by atoms with van der Waals surface area (Å²) < 4.78 is 89.6. The van der Waals surface area contributed by atoms with E-state index in [1.807, 2.05) is 62.0 Å². The molecule has 1 amide bonds. The monoisotopic (exact) mass is 899 g/mol. The van der Waals surface area contributed by atoms with Crippen LogP contribution in [0.25, 0.3) is 0 Å². The molecule has 1 aromatic heterocycles. The third-order valence-corrected chi connectivity index (χ3v) is 12.6. The molecule has 1 saturated heterocycles. The summed E-state index contributed by atoms with van der Waals surface area (Å²) >= 11 is 0. The fraction of sp³-hybridized carbons (Fsp3) is 0.455. The molecule has 0 saturated carbocycles. The number of rotatable bonds is 20. The Kier molecular flexibility index (Phi) is 16.3. The molecule has 1 unspecified atom stereocenters. The van der Waals surface area contributed by atoms with E-state index in [0.29, 0.717) is 28.2 Å². The lowest BCUT2D eigenvalue weighted by Crippen LogP contribution is -2.58. The van der Waals surface area contributed by atoms with Crippen molar-refractivity contribution in [3.63, 3.8) is 0 Å². The van der Waals surface area contributed by atoms with Gasteiger partial charge in [-0.1, -0.05) is 54.6 Å². The van der Waals surface area contributed by atoms with Crippen molar-refractivity contribution >= 4 is 14.4 Å². The number of methoxy groups -OCH3 is 3. The largest absolute Gasteiger partial charge is 0.497 e. The van der Waals surface area contributed by atoms with E-state index in [2.05, 4.69) is 4.98 Å². The van der Waals surface area contributed by atoms with Crippen LogP contribution in [-0.2, 0) is 33.7 Å². The average molecular weight is 900 g/mol. The van der Waals surface area contributed by atoms with E-state index in [1.54, 1.807) is 60.7 Å². The Hall–Kier alpha value is -5.12. The second-order valence-electron chi connectivity index (χ2n) is 15.3. The molecule has 1 aliphatic heterocycles. The second kappa shape index (κ2) is 21.0. The minimum atomic E-state index is -5.32. The molecule has 5 atom stereocenters. The predicted molar refractivity (Wildman–Crippen MR) is 227 cm³/mol. The number of benzene rings is 3. The Balaban J connectivity index is 1.82. The van der Waals surface area contributed by atoms with Gasteiger partial charge in [0.25, 0.3) is 14.1 Å². The van der Waals surface area contributed by atoms with Crippen molar-refractivity contribution in [2.24, 2.45) is 0 Å². The van der Waals surface area contributed by atoms with Gasteiger partial charge >= 0.3 is 17.8 Å². The average Bonchev–Trinajstić information content (AvgIpc) is 3.56. The SMILES string of the molecule is COc1ccc(C(OC[C@@]2(CNC(=O)C(F)(F)F)O[C@@H](n3cc(C)c(=O)[nH]c3=O)[C@H](OC)[C@@H]2OP(OCCC#N)N(C(C)C)C(C)C)(c2ccccc2)c2ccc(OC)cc2)cc1. The highest BCUT2D eigenvalue weighted by atomic mass is 31.2. The predicted octanol–water partition coefficient (Wildman–Crippen LogP) is 6.49. The van der Waals surface area contributed by atoms with Crippen LogP contribution >= 0.6 is 8.53 Å². The molecule has 63 heavy (non-hydrogen) atoms. The number of H-pyrrole nitrogens is 1. The van der Waals surface area contributed by atoms with Crippen LogP contribution in [0, 0.1) is 18.3 Å². The van der Waals surface area contributed by atoms with E-state index in [0.717, 1.165) is 4.57 Å². The van der Waals surface area contributed by atoms with Gasteiger partial charge in [-0.2, -0.15) is 18.4 Å². The Labute approximate surface area is 364 Å². The van der Waals surface area contributed by atoms with E-state index in [4.69, 9.17) is 32.7 Å². The van der Waals surface area contributed by atoms with Gasteiger partial charge < -0.3 is 38.0 Å². The summed E-state index contributed by atoms with van der Waals surface area (Å²) in [5, 5.41) is 11.4. The van der Waals surface area contributed by atoms with Crippen LogP contribution in [0.3, 0.4) is 0 Å². The molecule has 4 aromatic rings. The number of nitriles is 1. The highest BCUT2D eigenvalue weighted by Crippen LogP contribution is 2.53. The number of nitrogens with one attached hydrogen (secondary N) is 2. The van der Waals surface area contributed by atoms with Gasteiger partial charge in [0.05, 0.1) is 46.5 Å². The van der Waals surface area contributed by atoms with Crippen molar-refractivity contribution in [2.75, 3.05) is 41.1 Å². The van der Waals surface area contributed by atoms with Crippen molar-refractivity contribution < 1.29 is 50.7 Å². The maximum Gasteiger partial charge on any atom is 0.471 e. The number of aromatic amines is 1. The van der Waals surface area contributed by atoms with E-state index in [1.165, 1.54) is 34.4 Å². The van der Waals surface area contributed by atoms with Gasteiger partial charge in [0, 0.05) is 31.0 Å². The van der Waals surface area contributed by atoms with Crippen LogP contribution in [0.4, 0.5) is 13.2 Å². The minimum absolute atomic E-state index is 0.0189. The first-order valence-electron chi connectivity index (χ1n) is 20.1. The highest BCUT2D eigenvalue weighted by molar-refractivity contribution is 7.44. The van der Waals surface area contributed by atoms with Crippen LogP contribution in [0.5, 0.6) is 11.5 Å². The number of carbonyl (C=O) groups is 1. The number of alkyl halides is 3. The van der Waals surface area contributed by atoms with Gasteiger partial charge in [-0.05, 0) is 75.6 Å². The molecule has 0 spiro atoms. The van der Waals surface area contributed by atoms with Gasteiger partial charge in [0.1, 0.15) is 34.9 Å². The van der Waals surface area contributed by atoms with Crippen LogP contribution in [0.15, 0.2) is 94.6 Å². The molecular formula is C44H53F3N5O10P. The molecule has 15 nitrogen and oxygen atoms in total. The van der Waals surface area contributed by atoms with Crippen molar-refractivity contribution in [1.82, 2.24) is 19.5 Å². The molecule has 1 aliphatic rings. The summed E-state index contributed by atoms with van der Waals surface area (Å²) in [5.74, 6) is -1.21. The molecule has 0 aliphatic carbocycles. The molecule has 340 valence electrons. The van der Waals surface area contributed by atoms with Crippen molar-refractivity contribution in [3.8, 4) is 17.6 Å². The summed E-state index contributed by atoms with van der Waals surface area (Å²) in [6.07, 6.45) is -8.42. The van der Waals surface area contributed by atoms with Crippen LogP contribution in [0.2, 0.25) is 0 Å². The number of aromatic nitrogens is 2. The van der Waals surface area contributed by atoms with Crippen molar-refractivity contribution in [2.45, 2.75) is 88.9 Å². The zero-order valence-corrected chi connectivity index (χ0v) is 37.2. The molecule has 0 bridgehead atoms. The van der Waals surface area contributed by atoms with Crippen LogP contribution < -0.4 is 26.0 Å². The van der Waals surface area contributed by atoms with Gasteiger partial charge in [0.15, 0.2) is 6.23 Å². The lowest BCUT2D eigenvalue weighted by molar-refractivity contribution is -0.180. The van der Waals surface area contributed by atoms with Crippen molar-refractivity contribution in [1.29, 1.82) is 5.26 Å². The molecule has 2 N–H and O–H groups in total. The van der Waals surface area contributed by atoms with Gasteiger partial charge in [0.2, 0.25) is 0 Å². The number of aryl methyl sites for hydroxylation is 1. The zero-order valence-electron chi connectivity index (χ0n) is 36.3. The third kappa shape index (κ3) is 10.8. The molecule has 3 aromatic carbocycles. The van der Waals surface area contributed by atoms with E-state index >= 15 is 0 Å². The number of carbonyl (C=O) groups excluding carboxylic acids is 1. The molecule has 1 fully saturated rings. The Morgan fingerprint density at radius 2 is 1.49 bits per heavy atom. The summed E-state index contributed by atoms with van der Waals surface area (Å²) in [4.78, 5) is 41.3. The number of ether oxygens (including phenoxy) is 5. The maximum atomic E-state index is 14.1.